The topological polar surface area (TPSA) is 71.0 Å². The van der Waals surface area contributed by atoms with Gasteiger partial charge in [-0.2, -0.15) is 0 Å². The van der Waals surface area contributed by atoms with Crippen LogP contribution in [0.5, 0.6) is 0 Å². The van der Waals surface area contributed by atoms with Gasteiger partial charge in [0.1, 0.15) is 5.60 Å². The van der Waals surface area contributed by atoms with Crippen LogP contribution in [0.1, 0.15) is 37.5 Å². The summed E-state index contributed by atoms with van der Waals surface area (Å²) in [5.41, 5.74) is 6.60. The molecule has 0 unspecified atom stereocenters. The first-order valence-corrected chi connectivity index (χ1v) is 14.3. The molecular formula is C29H35N5O3S. The second-order valence-corrected chi connectivity index (χ2v) is 12.0. The van der Waals surface area contributed by atoms with Crippen molar-refractivity contribution in [1.29, 1.82) is 0 Å². The molecule has 2 aromatic heterocycles. The zero-order chi connectivity index (χ0) is 26.3. The molecule has 2 saturated heterocycles. The first-order valence-electron chi connectivity index (χ1n) is 13.5. The molecule has 0 radical (unpaired) electrons. The minimum Gasteiger partial charge on any atom is -0.444 e. The molecule has 0 atom stereocenters. The van der Waals surface area contributed by atoms with Gasteiger partial charge in [0, 0.05) is 56.9 Å². The molecule has 0 bridgehead atoms. The largest absolute Gasteiger partial charge is 0.444 e. The molecule has 38 heavy (non-hydrogen) atoms. The lowest BCUT2D eigenvalue weighted by Crippen LogP contribution is -2.49. The third-order valence-electron chi connectivity index (χ3n) is 7.26. The predicted molar refractivity (Wildman–Crippen MR) is 152 cm³/mol. The number of amides is 1. The number of ether oxygens (including phenoxy) is 2. The molecule has 8 nitrogen and oxygen atoms in total. The van der Waals surface area contributed by atoms with Crippen molar-refractivity contribution in [2.45, 2.75) is 39.3 Å². The smallest absolute Gasteiger partial charge is 0.410 e. The Morgan fingerprint density at radius 3 is 2.63 bits per heavy atom. The lowest BCUT2D eigenvalue weighted by molar-refractivity contribution is 0.0139. The molecule has 1 aromatic carbocycles. The number of nitrogens with zero attached hydrogens (tertiary/aromatic N) is 5. The molecule has 1 amide bonds. The van der Waals surface area contributed by atoms with Gasteiger partial charge in [-0.15, -0.1) is 11.3 Å². The van der Waals surface area contributed by atoms with Crippen LogP contribution in [0.3, 0.4) is 0 Å². The molecule has 1 aliphatic carbocycles. The zero-order valence-electron chi connectivity index (χ0n) is 22.4. The number of carbonyl (C=O) groups excluding carboxylic acids is 1. The summed E-state index contributed by atoms with van der Waals surface area (Å²) in [6, 6.07) is 6.54. The molecule has 6 rings (SSSR count). The van der Waals surface area contributed by atoms with Crippen LogP contribution in [-0.2, 0) is 22.4 Å². The monoisotopic (exact) mass is 533 g/mol. The van der Waals surface area contributed by atoms with Gasteiger partial charge in [0.05, 0.1) is 29.1 Å². The third-order valence-corrected chi connectivity index (χ3v) is 8.29. The van der Waals surface area contributed by atoms with Gasteiger partial charge in [0.25, 0.3) is 0 Å². The Kier molecular flexibility index (Phi) is 6.84. The number of fused-ring (bicyclic) bond motifs is 2. The van der Waals surface area contributed by atoms with Gasteiger partial charge in [-0.1, -0.05) is 30.4 Å². The Morgan fingerprint density at radius 1 is 1.08 bits per heavy atom. The number of morpholine rings is 1. The maximum atomic E-state index is 12.5. The number of piperazine rings is 1. The summed E-state index contributed by atoms with van der Waals surface area (Å²) in [6.45, 7) is 12.4. The first-order chi connectivity index (χ1) is 18.4. The molecule has 3 aromatic rings. The van der Waals surface area contributed by atoms with Crippen molar-refractivity contribution in [1.82, 2.24) is 19.8 Å². The van der Waals surface area contributed by atoms with Gasteiger partial charge in [0.2, 0.25) is 5.95 Å². The molecule has 2 aliphatic heterocycles. The summed E-state index contributed by atoms with van der Waals surface area (Å²) >= 11 is 1.73. The normalized spacial score (nSPS) is 18.3. The van der Waals surface area contributed by atoms with E-state index in [2.05, 4.69) is 45.5 Å². The molecule has 3 aliphatic rings. The van der Waals surface area contributed by atoms with Crippen LogP contribution in [-0.4, -0.2) is 83.9 Å². The molecule has 0 spiro atoms. The Bertz CT molecular complexity index is 1360. The standard InChI is InChI=1S/C29H35N5O3S/c1-29(2,3)37-28(35)34-12-10-32(11-13-34)18-21-19-38-26-24(21)30-27(33-14-16-36-17-15-33)31-25(26)23-9-5-7-20-6-4-8-22(20)23/h4-5,7-9,19H,6,10-18H2,1-3H3. The van der Waals surface area contributed by atoms with E-state index in [4.69, 9.17) is 19.4 Å². The van der Waals surface area contributed by atoms with E-state index in [1.807, 2.05) is 25.7 Å². The van der Waals surface area contributed by atoms with Crippen molar-refractivity contribution in [2.24, 2.45) is 0 Å². The summed E-state index contributed by atoms with van der Waals surface area (Å²) in [6.07, 6.45) is 5.20. The van der Waals surface area contributed by atoms with E-state index in [1.54, 1.807) is 11.3 Å². The maximum absolute atomic E-state index is 12.5. The van der Waals surface area contributed by atoms with E-state index in [-0.39, 0.29) is 6.09 Å². The highest BCUT2D eigenvalue weighted by molar-refractivity contribution is 7.17. The highest BCUT2D eigenvalue weighted by Crippen LogP contribution is 2.39. The number of hydrogen-bond acceptors (Lipinski definition) is 8. The minimum absolute atomic E-state index is 0.227. The van der Waals surface area contributed by atoms with Crippen molar-refractivity contribution < 1.29 is 14.3 Å². The summed E-state index contributed by atoms with van der Waals surface area (Å²) in [7, 11) is 0. The lowest BCUT2D eigenvalue weighted by atomic mass is 10.0. The molecule has 0 saturated carbocycles. The molecule has 200 valence electrons. The van der Waals surface area contributed by atoms with E-state index < -0.39 is 5.60 Å². The van der Waals surface area contributed by atoms with Gasteiger partial charge in [-0.3, -0.25) is 4.90 Å². The van der Waals surface area contributed by atoms with Crippen molar-refractivity contribution in [3.05, 3.63) is 46.3 Å². The fourth-order valence-electron chi connectivity index (χ4n) is 5.31. The fourth-order valence-corrected chi connectivity index (χ4v) is 6.31. The summed E-state index contributed by atoms with van der Waals surface area (Å²) in [5, 5.41) is 2.24. The number of hydrogen-bond donors (Lipinski definition) is 0. The average molecular weight is 534 g/mol. The summed E-state index contributed by atoms with van der Waals surface area (Å²) < 4.78 is 12.3. The Labute approximate surface area is 227 Å². The van der Waals surface area contributed by atoms with Crippen LogP contribution >= 0.6 is 11.3 Å². The second-order valence-electron chi connectivity index (χ2n) is 11.1. The minimum atomic E-state index is -0.478. The number of allylic oxidation sites excluding steroid dienone is 1. The zero-order valence-corrected chi connectivity index (χ0v) is 23.2. The van der Waals surface area contributed by atoms with Crippen molar-refractivity contribution in [3.63, 3.8) is 0 Å². The molecular weight excluding hydrogens is 498 g/mol. The number of thiophene rings is 1. The van der Waals surface area contributed by atoms with E-state index in [1.165, 1.54) is 22.3 Å². The maximum Gasteiger partial charge on any atom is 0.410 e. The number of benzene rings is 1. The quantitative estimate of drug-likeness (QED) is 0.476. The van der Waals surface area contributed by atoms with Gasteiger partial charge in [-0.25, -0.2) is 14.8 Å². The Balaban J connectivity index is 1.29. The van der Waals surface area contributed by atoms with Crippen molar-refractivity contribution in [3.8, 4) is 11.3 Å². The molecule has 2 fully saturated rings. The highest BCUT2D eigenvalue weighted by Gasteiger charge is 2.27. The van der Waals surface area contributed by atoms with Gasteiger partial charge in [0.15, 0.2) is 0 Å². The third kappa shape index (κ3) is 5.15. The van der Waals surface area contributed by atoms with Crippen LogP contribution in [0.2, 0.25) is 0 Å². The second kappa shape index (κ2) is 10.3. The van der Waals surface area contributed by atoms with Crippen molar-refractivity contribution in [2.75, 3.05) is 57.4 Å². The SMILES string of the molecule is CC(C)(C)OC(=O)N1CCN(Cc2csc3c(-c4cccc5c4C=CC5)nc(N4CCOCC4)nc23)CC1. The Hall–Kier alpha value is -3.01. The summed E-state index contributed by atoms with van der Waals surface area (Å²) in [4.78, 5) is 29.2. The van der Waals surface area contributed by atoms with Crippen LogP contribution in [0.25, 0.3) is 27.6 Å². The molecule has 9 heteroatoms. The highest BCUT2D eigenvalue weighted by atomic mass is 32.1. The van der Waals surface area contributed by atoms with E-state index in [0.717, 1.165) is 61.0 Å². The number of rotatable bonds is 4. The van der Waals surface area contributed by atoms with Gasteiger partial charge in [-0.05, 0) is 43.7 Å². The number of aromatic nitrogens is 2. The number of carbonyl (C=O) groups is 1. The lowest BCUT2D eigenvalue weighted by Gasteiger charge is -2.35. The van der Waals surface area contributed by atoms with Gasteiger partial charge < -0.3 is 19.3 Å². The summed E-state index contributed by atoms with van der Waals surface area (Å²) in [5.74, 6) is 0.782. The van der Waals surface area contributed by atoms with Crippen LogP contribution < -0.4 is 4.90 Å². The van der Waals surface area contributed by atoms with Gasteiger partial charge >= 0.3 is 6.09 Å². The first kappa shape index (κ1) is 25.3. The van der Waals surface area contributed by atoms with Crippen LogP contribution in [0.4, 0.5) is 10.7 Å². The van der Waals surface area contributed by atoms with E-state index in [0.29, 0.717) is 26.3 Å². The van der Waals surface area contributed by atoms with Crippen LogP contribution in [0, 0.1) is 0 Å². The Morgan fingerprint density at radius 2 is 1.87 bits per heavy atom. The van der Waals surface area contributed by atoms with Crippen LogP contribution in [0.15, 0.2) is 29.7 Å². The molecule has 0 N–H and O–H groups in total. The average Bonchev–Trinajstić information content (AvgIpc) is 3.55. The predicted octanol–water partition coefficient (Wildman–Crippen LogP) is 4.82. The van der Waals surface area contributed by atoms with E-state index in [9.17, 15) is 4.79 Å². The fraction of sp³-hybridized carbons (Fsp3) is 0.483. The van der Waals surface area contributed by atoms with Crippen molar-refractivity contribution >= 4 is 39.7 Å². The number of anilines is 1. The van der Waals surface area contributed by atoms with E-state index >= 15 is 0 Å². The molecule has 4 heterocycles.